The normalized spacial score (nSPS) is 14.9. The molecule has 1 saturated heterocycles. The van der Waals surface area contributed by atoms with Crippen molar-refractivity contribution in [2.75, 3.05) is 31.6 Å². The second-order valence-electron chi connectivity index (χ2n) is 7.72. The number of amides is 1. The van der Waals surface area contributed by atoms with Gasteiger partial charge in [0.2, 0.25) is 11.8 Å². The fourth-order valence-corrected chi connectivity index (χ4v) is 4.14. The van der Waals surface area contributed by atoms with Gasteiger partial charge in [-0.3, -0.25) is 10.3 Å². The van der Waals surface area contributed by atoms with Crippen LogP contribution in [0.15, 0.2) is 28.7 Å². The maximum Gasteiger partial charge on any atom is 0.407 e. The zero-order valence-corrected chi connectivity index (χ0v) is 18.8. The van der Waals surface area contributed by atoms with Crippen LogP contribution in [0.3, 0.4) is 0 Å². The molecule has 0 atom stereocenters. The van der Waals surface area contributed by atoms with Crippen molar-refractivity contribution in [3.8, 4) is 11.8 Å². The minimum absolute atomic E-state index is 0.0718. The van der Waals surface area contributed by atoms with Gasteiger partial charge in [0.05, 0.1) is 5.52 Å². The van der Waals surface area contributed by atoms with Crippen molar-refractivity contribution in [2.45, 2.75) is 20.4 Å². The third kappa shape index (κ3) is 4.13. The summed E-state index contributed by atoms with van der Waals surface area (Å²) in [5.41, 5.74) is 5.95. The molecule has 164 valence electrons. The van der Waals surface area contributed by atoms with Gasteiger partial charge >= 0.3 is 6.09 Å². The minimum atomic E-state index is -0.887. The molecule has 3 heterocycles. The number of aromatic nitrogens is 2. The molecule has 3 aromatic rings. The van der Waals surface area contributed by atoms with Crippen LogP contribution in [0.25, 0.3) is 10.9 Å². The second-order valence-corrected chi connectivity index (χ2v) is 8.63. The zero-order valence-electron chi connectivity index (χ0n) is 17.3. The number of hydrogen-bond donors (Lipinski definition) is 4. The van der Waals surface area contributed by atoms with Crippen LogP contribution in [0.2, 0.25) is 0 Å². The molecule has 0 aliphatic carbocycles. The molecule has 1 aromatic carbocycles. The van der Waals surface area contributed by atoms with Crippen LogP contribution in [-0.4, -0.2) is 67.1 Å². The lowest BCUT2D eigenvalue weighted by molar-refractivity contribution is 0.103. The van der Waals surface area contributed by atoms with Gasteiger partial charge in [0.25, 0.3) is 0 Å². The Kier molecular flexibility index (Phi) is 5.67. The predicted molar refractivity (Wildman–Crippen MR) is 121 cm³/mol. The van der Waals surface area contributed by atoms with Crippen LogP contribution < -0.4 is 5.43 Å². The zero-order chi connectivity index (χ0) is 22.3. The Morgan fingerprint density at radius 3 is 2.35 bits per heavy atom. The number of nitrogens with one attached hydrogen (secondary N) is 1. The quantitative estimate of drug-likeness (QED) is 0.443. The summed E-state index contributed by atoms with van der Waals surface area (Å²) >= 11 is 3.49. The molecule has 4 N–H and O–H groups in total. The number of carboxylic acid groups (broad SMARTS) is 1. The average molecular weight is 490 g/mol. The van der Waals surface area contributed by atoms with Crippen LogP contribution in [0.1, 0.15) is 16.7 Å². The Morgan fingerprint density at radius 1 is 1.10 bits per heavy atom. The van der Waals surface area contributed by atoms with Gasteiger partial charge in [-0.15, -0.1) is 0 Å². The Labute approximate surface area is 187 Å². The Balaban J connectivity index is 1.67. The summed E-state index contributed by atoms with van der Waals surface area (Å²) in [6, 6.07) is 7.76. The van der Waals surface area contributed by atoms with Crippen molar-refractivity contribution in [2.24, 2.45) is 0 Å². The van der Waals surface area contributed by atoms with Gasteiger partial charge in [-0.1, -0.05) is 22.0 Å². The third-order valence-electron chi connectivity index (χ3n) is 5.78. The van der Waals surface area contributed by atoms with E-state index in [4.69, 9.17) is 5.11 Å². The Bertz CT molecular complexity index is 1130. The van der Waals surface area contributed by atoms with E-state index < -0.39 is 6.09 Å². The van der Waals surface area contributed by atoms with Crippen LogP contribution >= 0.6 is 15.9 Å². The molecule has 0 unspecified atom stereocenters. The summed E-state index contributed by atoms with van der Waals surface area (Å²) in [5.74, 6) is 0.334. The monoisotopic (exact) mass is 489 g/mol. The van der Waals surface area contributed by atoms with Gasteiger partial charge in [0.1, 0.15) is 5.82 Å². The average Bonchev–Trinajstić information content (AvgIpc) is 2.91. The molecule has 1 fully saturated rings. The van der Waals surface area contributed by atoms with E-state index in [1.165, 1.54) is 9.58 Å². The molecule has 10 heteroatoms. The van der Waals surface area contributed by atoms with Gasteiger partial charge in [-0.25, -0.2) is 9.78 Å². The van der Waals surface area contributed by atoms with Crippen LogP contribution in [0, 0.1) is 13.8 Å². The summed E-state index contributed by atoms with van der Waals surface area (Å²) in [6.45, 7) is 6.33. The maximum atomic E-state index is 11.2. The smallest absolute Gasteiger partial charge is 0.407 e. The SMILES string of the molecule is Cc1c(C)c(O)n(Nc2cc(CN3CCN(C(=O)O)CC3)c3ccc(Br)cc3n2)c1O. The van der Waals surface area contributed by atoms with E-state index in [-0.39, 0.29) is 11.8 Å². The molecule has 9 nitrogen and oxygen atoms in total. The van der Waals surface area contributed by atoms with Crippen molar-refractivity contribution < 1.29 is 20.1 Å². The van der Waals surface area contributed by atoms with Crippen molar-refractivity contribution >= 4 is 38.7 Å². The minimum Gasteiger partial charge on any atom is -0.493 e. The van der Waals surface area contributed by atoms with Crippen molar-refractivity contribution in [3.05, 3.63) is 45.4 Å². The van der Waals surface area contributed by atoms with E-state index in [1.54, 1.807) is 13.8 Å². The molecule has 1 aliphatic heterocycles. The second kappa shape index (κ2) is 8.27. The molecule has 2 aromatic heterocycles. The van der Waals surface area contributed by atoms with Crippen molar-refractivity contribution in [1.82, 2.24) is 19.5 Å². The molecule has 0 spiro atoms. The number of carbonyl (C=O) groups is 1. The van der Waals surface area contributed by atoms with Crippen LogP contribution in [-0.2, 0) is 6.54 Å². The highest BCUT2D eigenvalue weighted by molar-refractivity contribution is 9.10. The summed E-state index contributed by atoms with van der Waals surface area (Å²) in [5, 5.41) is 30.9. The number of benzene rings is 1. The summed E-state index contributed by atoms with van der Waals surface area (Å²) < 4.78 is 2.11. The molecule has 0 radical (unpaired) electrons. The van der Waals surface area contributed by atoms with Crippen molar-refractivity contribution in [1.29, 1.82) is 0 Å². The molecule has 0 bridgehead atoms. The number of anilines is 1. The van der Waals surface area contributed by atoms with E-state index in [0.29, 0.717) is 49.7 Å². The highest BCUT2D eigenvalue weighted by atomic mass is 79.9. The first-order valence-corrected chi connectivity index (χ1v) is 10.7. The number of hydrogen-bond acceptors (Lipinski definition) is 6. The van der Waals surface area contributed by atoms with Gasteiger partial charge in [0, 0.05) is 53.7 Å². The van der Waals surface area contributed by atoms with Crippen LogP contribution in [0.5, 0.6) is 11.8 Å². The molecular weight excluding hydrogens is 466 g/mol. The summed E-state index contributed by atoms with van der Waals surface area (Å²) in [7, 11) is 0. The van der Waals surface area contributed by atoms with E-state index in [2.05, 4.69) is 31.2 Å². The molecule has 1 aliphatic rings. The van der Waals surface area contributed by atoms with E-state index >= 15 is 0 Å². The molecule has 1 amide bonds. The van der Waals surface area contributed by atoms with E-state index in [9.17, 15) is 15.0 Å². The lowest BCUT2D eigenvalue weighted by atomic mass is 10.1. The first kappa shape index (κ1) is 21.3. The van der Waals surface area contributed by atoms with Gasteiger partial charge < -0.3 is 20.2 Å². The first-order valence-electron chi connectivity index (χ1n) is 9.91. The number of nitrogens with zero attached hydrogens (tertiary/aromatic N) is 4. The lowest BCUT2D eigenvalue weighted by Gasteiger charge is -2.33. The molecule has 4 rings (SSSR count). The van der Waals surface area contributed by atoms with Gasteiger partial charge in [-0.2, -0.15) is 4.68 Å². The Morgan fingerprint density at radius 2 is 1.74 bits per heavy atom. The number of halogens is 1. The number of piperazine rings is 1. The fourth-order valence-electron chi connectivity index (χ4n) is 3.79. The predicted octanol–water partition coefficient (Wildman–Crippen LogP) is 3.50. The third-order valence-corrected chi connectivity index (χ3v) is 6.27. The molecule has 0 saturated carbocycles. The number of aromatic hydroxyl groups is 2. The summed E-state index contributed by atoms with van der Waals surface area (Å²) in [4.78, 5) is 19.5. The van der Waals surface area contributed by atoms with Gasteiger partial charge in [0.15, 0.2) is 0 Å². The highest BCUT2D eigenvalue weighted by Gasteiger charge is 2.22. The van der Waals surface area contributed by atoms with Crippen molar-refractivity contribution in [3.63, 3.8) is 0 Å². The lowest BCUT2D eigenvalue weighted by Crippen LogP contribution is -2.47. The number of rotatable bonds is 4. The standard InChI is InChI=1S/C21H24BrN5O4/c1-12-13(2)20(29)27(19(12)28)24-18-9-14(16-4-3-15(22)10-17(16)23-18)11-25-5-7-26(8-6-25)21(30)31/h3-4,9-10,28-29H,5-8,11H2,1-2H3,(H,23,24)(H,30,31). The first-order chi connectivity index (χ1) is 14.7. The maximum absolute atomic E-state index is 11.2. The van der Waals surface area contributed by atoms with E-state index in [0.717, 1.165) is 20.9 Å². The Hall–Kier alpha value is -2.98. The highest BCUT2D eigenvalue weighted by Crippen LogP contribution is 2.33. The van der Waals surface area contributed by atoms with Crippen LogP contribution in [0.4, 0.5) is 10.6 Å². The number of pyridine rings is 1. The molecular formula is C21H24BrN5O4. The number of fused-ring (bicyclic) bond motifs is 1. The van der Waals surface area contributed by atoms with E-state index in [1.807, 2.05) is 24.3 Å². The topological polar surface area (TPSA) is 114 Å². The largest absolute Gasteiger partial charge is 0.493 e. The molecule has 31 heavy (non-hydrogen) atoms. The fraction of sp³-hybridized carbons (Fsp3) is 0.333. The van der Waals surface area contributed by atoms with Gasteiger partial charge in [-0.05, 0) is 37.6 Å². The summed E-state index contributed by atoms with van der Waals surface area (Å²) in [6.07, 6.45) is -0.887.